The first-order chi connectivity index (χ1) is 8.24. The standard InChI is InChI=1S/C12H17N3O2.2ClH/c1-8-11(17-7-13-8)12(16)15-5-4-9-2-3-10(6-15)14-9;;/h7,9-10,14H,2-6H2,1H3;2*1H. The van der Waals surface area contributed by atoms with Crippen molar-refractivity contribution in [1.82, 2.24) is 15.2 Å². The van der Waals surface area contributed by atoms with E-state index in [4.69, 9.17) is 4.42 Å². The van der Waals surface area contributed by atoms with E-state index >= 15 is 0 Å². The smallest absolute Gasteiger partial charge is 0.291 e. The summed E-state index contributed by atoms with van der Waals surface area (Å²) >= 11 is 0. The van der Waals surface area contributed by atoms with Gasteiger partial charge in [-0.25, -0.2) is 4.98 Å². The maximum absolute atomic E-state index is 12.3. The average Bonchev–Trinajstić information content (AvgIpc) is 2.84. The van der Waals surface area contributed by atoms with Gasteiger partial charge in [0.1, 0.15) is 0 Å². The van der Waals surface area contributed by atoms with Crippen LogP contribution in [0.5, 0.6) is 0 Å². The van der Waals surface area contributed by atoms with Gasteiger partial charge in [-0.1, -0.05) is 0 Å². The number of rotatable bonds is 1. The first-order valence-corrected chi connectivity index (χ1v) is 6.19. The lowest BCUT2D eigenvalue weighted by Crippen LogP contribution is -2.39. The molecule has 0 radical (unpaired) electrons. The Kier molecular flexibility index (Phi) is 5.64. The monoisotopic (exact) mass is 307 g/mol. The van der Waals surface area contributed by atoms with E-state index in [1.54, 1.807) is 6.92 Å². The summed E-state index contributed by atoms with van der Waals surface area (Å²) in [6.45, 7) is 3.40. The highest BCUT2D eigenvalue weighted by atomic mass is 35.5. The van der Waals surface area contributed by atoms with Gasteiger partial charge in [0.15, 0.2) is 6.39 Å². The number of halogens is 2. The Hall–Kier alpha value is -0.780. The number of likely N-dealkylation sites (tertiary alicyclic amines) is 1. The zero-order valence-corrected chi connectivity index (χ0v) is 12.4. The van der Waals surface area contributed by atoms with E-state index in [-0.39, 0.29) is 30.7 Å². The number of aryl methyl sites for hydroxylation is 1. The first kappa shape index (κ1) is 16.3. The van der Waals surface area contributed by atoms with E-state index < -0.39 is 0 Å². The third kappa shape index (κ3) is 3.22. The molecular formula is C12H19Cl2N3O2. The molecule has 0 spiro atoms. The fourth-order valence-electron chi connectivity index (χ4n) is 2.78. The number of hydrogen-bond acceptors (Lipinski definition) is 4. The minimum Gasteiger partial charge on any atom is -0.438 e. The molecule has 3 rings (SSSR count). The second-order valence-corrected chi connectivity index (χ2v) is 4.94. The van der Waals surface area contributed by atoms with Crippen molar-refractivity contribution in [1.29, 1.82) is 0 Å². The highest BCUT2D eigenvalue weighted by Gasteiger charge is 2.32. The summed E-state index contributed by atoms with van der Waals surface area (Å²) in [6, 6.07) is 1.04. The normalized spacial score (nSPS) is 25.2. The van der Waals surface area contributed by atoms with Crippen molar-refractivity contribution < 1.29 is 9.21 Å². The minimum absolute atomic E-state index is 0. The molecule has 0 aromatic carbocycles. The molecule has 2 unspecified atom stereocenters. The van der Waals surface area contributed by atoms with Crippen molar-refractivity contribution in [3.05, 3.63) is 17.8 Å². The Bertz CT molecular complexity index is 438. The van der Waals surface area contributed by atoms with Crippen LogP contribution in [0.25, 0.3) is 0 Å². The third-order valence-electron chi connectivity index (χ3n) is 3.75. The number of nitrogens with one attached hydrogen (secondary N) is 1. The molecule has 2 aliphatic rings. The number of oxazole rings is 1. The topological polar surface area (TPSA) is 58.4 Å². The van der Waals surface area contributed by atoms with Crippen LogP contribution in [-0.2, 0) is 0 Å². The van der Waals surface area contributed by atoms with Gasteiger partial charge in [0.25, 0.3) is 5.91 Å². The van der Waals surface area contributed by atoms with Crippen LogP contribution in [0, 0.1) is 6.92 Å². The fourth-order valence-corrected chi connectivity index (χ4v) is 2.78. The molecule has 1 aromatic heterocycles. The lowest BCUT2D eigenvalue weighted by atomic mass is 10.1. The maximum Gasteiger partial charge on any atom is 0.291 e. The van der Waals surface area contributed by atoms with E-state index in [1.165, 1.54) is 19.2 Å². The molecule has 2 atom stereocenters. The number of hydrogen-bond donors (Lipinski definition) is 1. The largest absolute Gasteiger partial charge is 0.438 e. The van der Waals surface area contributed by atoms with E-state index in [9.17, 15) is 4.79 Å². The molecule has 1 aromatic rings. The van der Waals surface area contributed by atoms with Crippen LogP contribution in [0.3, 0.4) is 0 Å². The fraction of sp³-hybridized carbons (Fsp3) is 0.667. The van der Waals surface area contributed by atoms with Gasteiger partial charge >= 0.3 is 0 Å². The van der Waals surface area contributed by atoms with Crippen LogP contribution in [0.1, 0.15) is 35.5 Å². The van der Waals surface area contributed by atoms with Gasteiger partial charge in [0.2, 0.25) is 5.76 Å². The number of nitrogens with zero attached hydrogens (tertiary/aromatic N) is 2. The summed E-state index contributed by atoms with van der Waals surface area (Å²) in [5.41, 5.74) is 0.678. The van der Waals surface area contributed by atoms with Crippen LogP contribution in [-0.4, -0.2) is 41.0 Å². The first-order valence-electron chi connectivity index (χ1n) is 6.19. The lowest BCUT2D eigenvalue weighted by Gasteiger charge is -2.23. The molecule has 108 valence electrons. The zero-order chi connectivity index (χ0) is 11.8. The average molecular weight is 308 g/mol. The van der Waals surface area contributed by atoms with E-state index in [1.807, 2.05) is 4.90 Å². The summed E-state index contributed by atoms with van der Waals surface area (Å²) in [4.78, 5) is 18.1. The van der Waals surface area contributed by atoms with Gasteiger partial charge in [-0.2, -0.15) is 0 Å². The third-order valence-corrected chi connectivity index (χ3v) is 3.75. The van der Waals surface area contributed by atoms with Gasteiger partial charge in [-0.05, 0) is 26.2 Å². The molecule has 1 N–H and O–H groups in total. The van der Waals surface area contributed by atoms with Crippen LogP contribution >= 0.6 is 24.8 Å². The van der Waals surface area contributed by atoms with Gasteiger partial charge < -0.3 is 14.6 Å². The van der Waals surface area contributed by atoms with Crippen molar-refractivity contribution in [2.75, 3.05) is 13.1 Å². The van der Waals surface area contributed by atoms with Crippen LogP contribution in [0.4, 0.5) is 0 Å². The van der Waals surface area contributed by atoms with Crippen molar-refractivity contribution in [2.24, 2.45) is 0 Å². The number of fused-ring (bicyclic) bond motifs is 2. The Morgan fingerprint density at radius 3 is 2.79 bits per heavy atom. The Morgan fingerprint density at radius 2 is 2.11 bits per heavy atom. The molecule has 0 saturated carbocycles. The minimum atomic E-state index is -0.0191. The van der Waals surface area contributed by atoms with Crippen LogP contribution in [0.15, 0.2) is 10.8 Å². The number of carbonyl (C=O) groups is 1. The summed E-state index contributed by atoms with van der Waals surface area (Å²) in [7, 11) is 0. The van der Waals surface area contributed by atoms with Gasteiger partial charge in [-0.15, -0.1) is 24.8 Å². The number of carbonyl (C=O) groups excluding carboxylic acids is 1. The molecule has 0 aliphatic carbocycles. The highest BCUT2D eigenvalue weighted by Crippen LogP contribution is 2.22. The molecule has 2 aliphatic heterocycles. The Morgan fingerprint density at radius 1 is 1.37 bits per heavy atom. The summed E-state index contributed by atoms with van der Waals surface area (Å²) in [5, 5.41) is 3.56. The zero-order valence-electron chi connectivity index (χ0n) is 10.8. The SMILES string of the molecule is Cc1ncoc1C(=O)N1CCC2CCC(C1)N2.Cl.Cl. The van der Waals surface area contributed by atoms with E-state index in [0.29, 0.717) is 23.5 Å². The van der Waals surface area contributed by atoms with Crippen LogP contribution in [0.2, 0.25) is 0 Å². The number of aromatic nitrogens is 1. The predicted molar refractivity (Wildman–Crippen MR) is 76.2 cm³/mol. The van der Waals surface area contributed by atoms with E-state index in [0.717, 1.165) is 19.5 Å². The molecule has 7 heteroatoms. The summed E-state index contributed by atoms with van der Waals surface area (Å²) < 4.78 is 5.18. The Balaban J connectivity index is 0.000000902. The molecule has 19 heavy (non-hydrogen) atoms. The molecule has 2 saturated heterocycles. The molecular weight excluding hydrogens is 289 g/mol. The van der Waals surface area contributed by atoms with E-state index in [2.05, 4.69) is 10.3 Å². The summed E-state index contributed by atoms with van der Waals surface area (Å²) in [5.74, 6) is 0.372. The second-order valence-electron chi connectivity index (χ2n) is 4.94. The molecule has 2 bridgehead atoms. The Labute approximate surface area is 124 Å². The highest BCUT2D eigenvalue weighted by molar-refractivity contribution is 5.92. The molecule has 3 heterocycles. The van der Waals surface area contributed by atoms with Gasteiger partial charge in [0.05, 0.1) is 5.69 Å². The molecule has 2 fully saturated rings. The predicted octanol–water partition coefficient (Wildman–Crippen LogP) is 1.79. The number of amides is 1. The molecule has 5 nitrogen and oxygen atoms in total. The second kappa shape index (κ2) is 6.59. The van der Waals surface area contributed by atoms with Crippen LogP contribution < -0.4 is 5.32 Å². The van der Waals surface area contributed by atoms with Crippen molar-refractivity contribution in [3.63, 3.8) is 0 Å². The molecule has 1 amide bonds. The van der Waals surface area contributed by atoms with Crippen molar-refractivity contribution in [2.45, 2.75) is 38.3 Å². The van der Waals surface area contributed by atoms with Gasteiger partial charge in [0, 0.05) is 25.2 Å². The lowest BCUT2D eigenvalue weighted by molar-refractivity contribution is 0.0715. The van der Waals surface area contributed by atoms with Gasteiger partial charge in [-0.3, -0.25) is 4.79 Å². The van der Waals surface area contributed by atoms with Crippen molar-refractivity contribution in [3.8, 4) is 0 Å². The quantitative estimate of drug-likeness (QED) is 0.859. The maximum atomic E-state index is 12.3. The summed E-state index contributed by atoms with van der Waals surface area (Å²) in [6.07, 6.45) is 4.79. The van der Waals surface area contributed by atoms with Crippen molar-refractivity contribution >= 4 is 30.7 Å².